The first-order valence-electron chi connectivity index (χ1n) is 8.58. The van der Waals surface area contributed by atoms with Gasteiger partial charge < -0.3 is 10.6 Å². The predicted octanol–water partition coefficient (Wildman–Crippen LogP) is 4.47. The second-order valence-corrected chi connectivity index (χ2v) is 6.24. The Morgan fingerprint density at radius 1 is 1.04 bits per heavy atom. The Hall–Kier alpha value is -3.72. The molecule has 27 heavy (non-hydrogen) atoms. The number of hydrogen-bond acceptors (Lipinski definition) is 5. The average molecular weight is 357 g/mol. The summed E-state index contributed by atoms with van der Waals surface area (Å²) in [6, 6.07) is 18.3. The van der Waals surface area contributed by atoms with Crippen LogP contribution in [0.5, 0.6) is 0 Å². The number of nitrogens with one attached hydrogen (secondary N) is 2. The highest BCUT2D eigenvalue weighted by Gasteiger charge is 2.12. The van der Waals surface area contributed by atoms with E-state index >= 15 is 0 Å². The molecule has 1 amide bonds. The number of hydrogen-bond donors (Lipinski definition) is 2. The normalized spacial score (nSPS) is 10.3. The Bertz CT molecular complexity index is 1010. The number of rotatable bonds is 5. The van der Waals surface area contributed by atoms with E-state index in [1.54, 1.807) is 24.3 Å². The van der Waals surface area contributed by atoms with Crippen molar-refractivity contribution in [1.82, 2.24) is 9.97 Å². The van der Waals surface area contributed by atoms with E-state index in [1.807, 2.05) is 24.3 Å². The maximum absolute atomic E-state index is 12.5. The van der Waals surface area contributed by atoms with Gasteiger partial charge in [0.25, 0.3) is 5.91 Å². The van der Waals surface area contributed by atoms with Gasteiger partial charge in [0.2, 0.25) is 5.95 Å². The standard InChI is InChI=1S/C21H19N5O/c1-14(2)16-8-4-6-10-18(16)25-21-23-12-11-19(26-21)20(27)24-17-9-5-3-7-15(17)13-22/h3-12,14H,1-2H3,(H,24,27)(H,23,25,26). The second kappa shape index (κ2) is 8.11. The van der Waals surface area contributed by atoms with Crippen molar-refractivity contribution in [2.24, 2.45) is 0 Å². The van der Waals surface area contributed by atoms with Crippen LogP contribution in [0.1, 0.15) is 41.4 Å². The minimum Gasteiger partial charge on any atom is -0.324 e. The average Bonchev–Trinajstić information content (AvgIpc) is 2.69. The monoisotopic (exact) mass is 357 g/mol. The number of aromatic nitrogens is 2. The van der Waals surface area contributed by atoms with Crippen LogP contribution in [0.4, 0.5) is 17.3 Å². The summed E-state index contributed by atoms with van der Waals surface area (Å²) in [5, 5.41) is 15.0. The van der Waals surface area contributed by atoms with E-state index in [1.165, 1.54) is 12.3 Å². The Balaban J connectivity index is 1.82. The summed E-state index contributed by atoms with van der Waals surface area (Å²) in [5.41, 5.74) is 3.09. The van der Waals surface area contributed by atoms with Crippen molar-refractivity contribution in [1.29, 1.82) is 5.26 Å². The van der Waals surface area contributed by atoms with Gasteiger partial charge in [-0.15, -0.1) is 0 Å². The molecule has 0 saturated heterocycles. The van der Waals surface area contributed by atoms with E-state index in [-0.39, 0.29) is 5.69 Å². The third-order valence-corrected chi connectivity index (χ3v) is 4.01. The van der Waals surface area contributed by atoms with Gasteiger partial charge in [-0.3, -0.25) is 4.79 Å². The van der Waals surface area contributed by atoms with Gasteiger partial charge in [-0.25, -0.2) is 9.97 Å². The molecule has 0 fully saturated rings. The molecule has 2 N–H and O–H groups in total. The lowest BCUT2D eigenvalue weighted by molar-refractivity contribution is 0.102. The molecule has 0 aliphatic heterocycles. The van der Waals surface area contributed by atoms with Gasteiger partial charge in [-0.1, -0.05) is 44.2 Å². The number of carbonyl (C=O) groups is 1. The fourth-order valence-corrected chi connectivity index (χ4v) is 2.66. The zero-order chi connectivity index (χ0) is 19.2. The molecule has 3 aromatic rings. The summed E-state index contributed by atoms with van der Waals surface area (Å²) < 4.78 is 0. The van der Waals surface area contributed by atoms with Crippen LogP contribution in [-0.4, -0.2) is 15.9 Å². The Kier molecular flexibility index (Phi) is 5.43. The van der Waals surface area contributed by atoms with Gasteiger partial charge in [-0.05, 0) is 35.7 Å². The van der Waals surface area contributed by atoms with Crippen molar-refractivity contribution in [2.45, 2.75) is 19.8 Å². The van der Waals surface area contributed by atoms with Gasteiger partial charge in [0.05, 0.1) is 11.3 Å². The highest BCUT2D eigenvalue weighted by molar-refractivity contribution is 6.03. The molecule has 0 aliphatic rings. The molecule has 0 unspecified atom stereocenters. The summed E-state index contributed by atoms with van der Waals surface area (Å²) in [6.45, 7) is 4.22. The van der Waals surface area contributed by atoms with E-state index < -0.39 is 5.91 Å². The maximum atomic E-state index is 12.5. The van der Waals surface area contributed by atoms with Crippen LogP contribution in [0.2, 0.25) is 0 Å². The molecule has 0 spiro atoms. The number of nitrogens with zero attached hydrogens (tertiary/aromatic N) is 3. The molecule has 0 bridgehead atoms. The molecule has 6 nitrogen and oxygen atoms in total. The fourth-order valence-electron chi connectivity index (χ4n) is 2.66. The molecule has 6 heteroatoms. The summed E-state index contributed by atoms with van der Waals surface area (Å²) >= 11 is 0. The van der Waals surface area contributed by atoms with Gasteiger partial charge in [0.1, 0.15) is 11.8 Å². The number of nitriles is 1. The van der Waals surface area contributed by atoms with Gasteiger partial charge in [-0.2, -0.15) is 5.26 Å². The number of amides is 1. The van der Waals surface area contributed by atoms with Gasteiger partial charge in [0.15, 0.2) is 0 Å². The summed E-state index contributed by atoms with van der Waals surface area (Å²) in [6.07, 6.45) is 1.53. The van der Waals surface area contributed by atoms with E-state index in [0.29, 0.717) is 23.1 Å². The summed E-state index contributed by atoms with van der Waals surface area (Å²) in [4.78, 5) is 21.0. The molecule has 0 radical (unpaired) electrons. The molecule has 0 saturated carbocycles. The zero-order valence-electron chi connectivity index (χ0n) is 15.1. The summed E-state index contributed by atoms with van der Waals surface area (Å²) in [5.74, 6) is 0.271. The topological polar surface area (TPSA) is 90.7 Å². The van der Waals surface area contributed by atoms with Crippen LogP contribution < -0.4 is 10.6 Å². The maximum Gasteiger partial charge on any atom is 0.274 e. The third kappa shape index (κ3) is 4.28. The third-order valence-electron chi connectivity index (χ3n) is 4.01. The van der Waals surface area contributed by atoms with Crippen molar-refractivity contribution in [2.75, 3.05) is 10.6 Å². The minimum atomic E-state index is -0.403. The van der Waals surface area contributed by atoms with Crippen molar-refractivity contribution in [3.8, 4) is 6.07 Å². The number of anilines is 3. The highest BCUT2D eigenvalue weighted by Crippen LogP contribution is 2.25. The molecular weight excluding hydrogens is 338 g/mol. The Morgan fingerprint density at radius 2 is 1.74 bits per heavy atom. The Morgan fingerprint density at radius 3 is 2.48 bits per heavy atom. The van der Waals surface area contributed by atoms with E-state index in [4.69, 9.17) is 5.26 Å². The number of para-hydroxylation sites is 2. The van der Waals surface area contributed by atoms with Gasteiger partial charge >= 0.3 is 0 Å². The molecule has 2 aromatic carbocycles. The minimum absolute atomic E-state index is 0.210. The molecular formula is C21H19N5O. The predicted molar refractivity (Wildman–Crippen MR) is 105 cm³/mol. The lowest BCUT2D eigenvalue weighted by Crippen LogP contribution is -2.15. The van der Waals surface area contributed by atoms with Crippen LogP contribution in [-0.2, 0) is 0 Å². The number of benzene rings is 2. The highest BCUT2D eigenvalue weighted by atomic mass is 16.1. The first kappa shape index (κ1) is 18.1. The number of carbonyl (C=O) groups excluding carboxylic acids is 1. The first-order valence-corrected chi connectivity index (χ1v) is 8.58. The fraction of sp³-hybridized carbons (Fsp3) is 0.143. The molecule has 3 rings (SSSR count). The van der Waals surface area contributed by atoms with Crippen LogP contribution in [0.25, 0.3) is 0 Å². The summed E-state index contributed by atoms with van der Waals surface area (Å²) in [7, 11) is 0. The zero-order valence-corrected chi connectivity index (χ0v) is 15.1. The van der Waals surface area contributed by atoms with Crippen molar-refractivity contribution in [3.05, 3.63) is 77.6 Å². The molecule has 1 heterocycles. The van der Waals surface area contributed by atoms with Gasteiger partial charge in [0, 0.05) is 11.9 Å². The SMILES string of the molecule is CC(C)c1ccccc1Nc1nccc(C(=O)Nc2ccccc2C#N)n1. The van der Waals surface area contributed by atoms with Crippen molar-refractivity contribution < 1.29 is 4.79 Å². The van der Waals surface area contributed by atoms with Crippen LogP contribution in [0.15, 0.2) is 60.8 Å². The molecule has 1 aromatic heterocycles. The molecule has 134 valence electrons. The van der Waals surface area contributed by atoms with E-state index in [0.717, 1.165) is 11.3 Å². The van der Waals surface area contributed by atoms with Crippen LogP contribution in [0.3, 0.4) is 0 Å². The Labute approximate surface area is 157 Å². The molecule has 0 atom stereocenters. The lowest BCUT2D eigenvalue weighted by Gasteiger charge is -2.13. The smallest absolute Gasteiger partial charge is 0.274 e. The largest absolute Gasteiger partial charge is 0.324 e. The quantitative estimate of drug-likeness (QED) is 0.703. The first-order chi connectivity index (χ1) is 13.1. The second-order valence-electron chi connectivity index (χ2n) is 6.24. The van der Waals surface area contributed by atoms with E-state index in [9.17, 15) is 4.79 Å². The van der Waals surface area contributed by atoms with Crippen molar-refractivity contribution >= 4 is 23.2 Å². The van der Waals surface area contributed by atoms with Crippen LogP contribution >= 0.6 is 0 Å². The lowest BCUT2D eigenvalue weighted by atomic mass is 10.0. The van der Waals surface area contributed by atoms with Crippen LogP contribution in [0, 0.1) is 11.3 Å². The van der Waals surface area contributed by atoms with Crippen molar-refractivity contribution in [3.63, 3.8) is 0 Å². The molecule has 0 aliphatic carbocycles. The van der Waals surface area contributed by atoms with E-state index in [2.05, 4.69) is 40.5 Å².